The molecule has 0 bridgehead atoms. The van der Waals surface area contributed by atoms with E-state index in [1.165, 1.54) is 13.3 Å². The minimum atomic E-state index is -0.141. The number of hydrogen-bond donors (Lipinski definition) is 1. The summed E-state index contributed by atoms with van der Waals surface area (Å²) in [5.41, 5.74) is 1.27. The quantitative estimate of drug-likeness (QED) is 0.705. The van der Waals surface area contributed by atoms with Gasteiger partial charge in [-0.15, -0.1) is 10.2 Å². The highest BCUT2D eigenvalue weighted by molar-refractivity contribution is 5.95. The molecule has 3 aromatic rings. The lowest BCUT2D eigenvalue weighted by Crippen LogP contribution is -2.49. The molecule has 1 N–H and O–H groups in total. The minimum Gasteiger partial charge on any atom is -0.352 e. The molecule has 148 valence electrons. The smallest absolute Gasteiger partial charge is 0.253 e. The molecule has 1 fully saturated rings. The molecule has 10 nitrogen and oxygen atoms in total. The maximum absolute atomic E-state index is 12.7. The summed E-state index contributed by atoms with van der Waals surface area (Å²) < 4.78 is 1.55. The lowest BCUT2D eigenvalue weighted by molar-refractivity contribution is -0.114. The summed E-state index contributed by atoms with van der Waals surface area (Å²) in [5.74, 6) is 1.20. The maximum Gasteiger partial charge on any atom is 0.253 e. The number of nitrogens with one attached hydrogen (secondary N) is 1. The van der Waals surface area contributed by atoms with Gasteiger partial charge in [0.1, 0.15) is 12.7 Å². The number of hydrogen-bond acceptors (Lipinski definition) is 7. The first-order chi connectivity index (χ1) is 14.1. The van der Waals surface area contributed by atoms with Gasteiger partial charge in [0.15, 0.2) is 11.6 Å². The largest absolute Gasteiger partial charge is 0.352 e. The average Bonchev–Trinajstić information content (AvgIpc) is 3.29. The fourth-order valence-corrected chi connectivity index (χ4v) is 3.16. The van der Waals surface area contributed by atoms with Gasteiger partial charge in [0.25, 0.3) is 5.91 Å². The van der Waals surface area contributed by atoms with Crippen LogP contribution in [0.4, 0.5) is 11.5 Å². The van der Waals surface area contributed by atoms with Crippen molar-refractivity contribution in [1.82, 2.24) is 29.9 Å². The fraction of sp³-hybridized carbons (Fsp3) is 0.263. The van der Waals surface area contributed by atoms with Crippen LogP contribution in [-0.4, -0.2) is 67.9 Å². The first-order valence-corrected chi connectivity index (χ1v) is 9.21. The van der Waals surface area contributed by atoms with Crippen LogP contribution in [0.1, 0.15) is 17.3 Å². The molecule has 1 aliphatic heterocycles. The van der Waals surface area contributed by atoms with Crippen molar-refractivity contribution in [1.29, 1.82) is 0 Å². The molecule has 0 unspecified atom stereocenters. The standard InChI is InChI=1S/C19H20N8O2/c1-14(28)22-16-4-2-15(3-5-16)19(29)26-10-8-25(9-11-26)17-6-7-18(24-23-17)27-13-20-12-21-27/h2-7,12-13H,8-11H2,1H3,(H,22,28). The molecule has 1 saturated heterocycles. The number of nitrogens with zero attached hydrogens (tertiary/aromatic N) is 7. The Morgan fingerprint density at radius 3 is 2.21 bits per heavy atom. The average molecular weight is 392 g/mol. The van der Waals surface area contributed by atoms with E-state index in [1.54, 1.807) is 35.3 Å². The van der Waals surface area contributed by atoms with E-state index in [9.17, 15) is 9.59 Å². The van der Waals surface area contributed by atoms with Gasteiger partial charge in [-0.1, -0.05) is 0 Å². The second kappa shape index (κ2) is 8.05. The second-order valence-electron chi connectivity index (χ2n) is 6.63. The van der Waals surface area contributed by atoms with Crippen molar-refractivity contribution in [3.05, 3.63) is 54.6 Å². The van der Waals surface area contributed by atoms with Crippen LogP contribution < -0.4 is 10.2 Å². The van der Waals surface area contributed by atoms with Crippen LogP contribution in [0.3, 0.4) is 0 Å². The molecular formula is C19H20N8O2. The number of aromatic nitrogens is 5. The molecule has 29 heavy (non-hydrogen) atoms. The zero-order chi connectivity index (χ0) is 20.2. The van der Waals surface area contributed by atoms with Crippen LogP contribution in [-0.2, 0) is 4.79 Å². The summed E-state index contributed by atoms with van der Waals surface area (Å²) in [6, 6.07) is 10.7. The number of rotatable bonds is 4. The molecule has 0 spiro atoms. The molecule has 1 aliphatic rings. The van der Waals surface area contributed by atoms with Crippen molar-refractivity contribution >= 4 is 23.3 Å². The summed E-state index contributed by atoms with van der Waals surface area (Å²) in [5, 5.41) is 15.2. The predicted octanol–water partition coefficient (Wildman–Crippen LogP) is 0.978. The lowest BCUT2D eigenvalue weighted by atomic mass is 10.1. The van der Waals surface area contributed by atoms with Crippen LogP contribution in [0.25, 0.3) is 5.82 Å². The molecule has 2 amide bonds. The number of anilines is 2. The summed E-state index contributed by atoms with van der Waals surface area (Å²) in [6.45, 7) is 3.99. The zero-order valence-electron chi connectivity index (χ0n) is 15.9. The number of benzene rings is 1. The van der Waals surface area contributed by atoms with Crippen molar-refractivity contribution in [2.24, 2.45) is 0 Å². The highest BCUT2D eigenvalue weighted by atomic mass is 16.2. The van der Waals surface area contributed by atoms with E-state index in [-0.39, 0.29) is 11.8 Å². The molecule has 1 aromatic carbocycles. The van der Waals surface area contributed by atoms with Crippen molar-refractivity contribution in [3.8, 4) is 5.82 Å². The molecule has 3 heterocycles. The molecule has 0 aliphatic carbocycles. The van der Waals surface area contributed by atoms with Crippen LogP contribution in [0, 0.1) is 0 Å². The molecule has 2 aromatic heterocycles. The normalized spacial score (nSPS) is 14.0. The van der Waals surface area contributed by atoms with E-state index in [2.05, 4.69) is 30.5 Å². The monoisotopic (exact) mass is 392 g/mol. The van der Waals surface area contributed by atoms with Crippen LogP contribution in [0.5, 0.6) is 0 Å². The van der Waals surface area contributed by atoms with Gasteiger partial charge in [0, 0.05) is 44.4 Å². The molecule has 0 saturated carbocycles. The number of piperazine rings is 1. The van der Waals surface area contributed by atoms with E-state index in [0.717, 1.165) is 5.82 Å². The zero-order valence-corrected chi connectivity index (χ0v) is 15.9. The van der Waals surface area contributed by atoms with Gasteiger partial charge in [-0.05, 0) is 36.4 Å². The highest BCUT2D eigenvalue weighted by Crippen LogP contribution is 2.16. The van der Waals surface area contributed by atoms with Gasteiger partial charge in [0.05, 0.1) is 0 Å². The summed E-state index contributed by atoms with van der Waals surface area (Å²) in [4.78, 5) is 31.6. The summed E-state index contributed by atoms with van der Waals surface area (Å²) in [7, 11) is 0. The first kappa shape index (κ1) is 18.5. The van der Waals surface area contributed by atoms with E-state index < -0.39 is 0 Å². The van der Waals surface area contributed by atoms with Crippen molar-refractivity contribution < 1.29 is 9.59 Å². The lowest BCUT2D eigenvalue weighted by Gasteiger charge is -2.35. The third kappa shape index (κ3) is 4.21. The highest BCUT2D eigenvalue weighted by Gasteiger charge is 2.23. The fourth-order valence-electron chi connectivity index (χ4n) is 3.16. The van der Waals surface area contributed by atoms with Gasteiger partial charge in [-0.2, -0.15) is 5.10 Å². The Balaban J connectivity index is 1.35. The van der Waals surface area contributed by atoms with Crippen LogP contribution in [0.15, 0.2) is 49.1 Å². The van der Waals surface area contributed by atoms with Gasteiger partial charge in [-0.3, -0.25) is 9.59 Å². The van der Waals surface area contributed by atoms with Gasteiger partial charge in [-0.25, -0.2) is 9.67 Å². The van der Waals surface area contributed by atoms with Crippen molar-refractivity contribution in [2.45, 2.75) is 6.92 Å². The number of carbonyl (C=O) groups is 2. The summed E-state index contributed by atoms with van der Waals surface area (Å²) in [6.07, 6.45) is 3.01. The van der Waals surface area contributed by atoms with Gasteiger partial charge in [0.2, 0.25) is 5.91 Å². The third-order valence-corrected chi connectivity index (χ3v) is 4.63. The van der Waals surface area contributed by atoms with Gasteiger partial charge < -0.3 is 15.1 Å². The first-order valence-electron chi connectivity index (χ1n) is 9.21. The Morgan fingerprint density at radius 1 is 0.931 bits per heavy atom. The Hall–Kier alpha value is -3.82. The predicted molar refractivity (Wildman–Crippen MR) is 106 cm³/mol. The van der Waals surface area contributed by atoms with Crippen molar-refractivity contribution in [2.75, 3.05) is 36.4 Å². The summed E-state index contributed by atoms with van der Waals surface area (Å²) >= 11 is 0. The van der Waals surface area contributed by atoms with Crippen molar-refractivity contribution in [3.63, 3.8) is 0 Å². The minimum absolute atomic E-state index is 0.0216. The number of amides is 2. The SMILES string of the molecule is CC(=O)Nc1ccc(C(=O)N2CCN(c3ccc(-n4cncn4)nn3)CC2)cc1. The van der Waals surface area contributed by atoms with Crippen LogP contribution >= 0.6 is 0 Å². The Morgan fingerprint density at radius 2 is 1.62 bits per heavy atom. The Labute approximate surface area is 167 Å². The molecule has 10 heteroatoms. The van der Waals surface area contributed by atoms with Crippen LogP contribution in [0.2, 0.25) is 0 Å². The second-order valence-corrected chi connectivity index (χ2v) is 6.63. The Kier molecular flexibility index (Phi) is 5.14. The molecule has 0 radical (unpaired) electrons. The maximum atomic E-state index is 12.7. The molecule has 0 atom stereocenters. The van der Waals surface area contributed by atoms with E-state index in [4.69, 9.17) is 0 Å². The number of carbonyl (C=O) groups excluding carboxylic acids is 2. The van der Waals surface area contributed by atoms with E-state index in [1.807, 2.05) is 17.0 Å². The Bertz CT molecular complexity index is 978. The molecular weight excluding hydrogens is 372 g/mol. The van der Waals surface area contributed by atoms with E-state index in [0.29, 0.717) is 43.2 Å². The molecule has 4 rings (SSSR count). The third-order valence-electron chi connectivity index (χ3n) is 4.63. The van der Waals surface area contributed by atoms with Gasteiger partial charge >= 0.3 is 0 Å². The van der Waals surface area contributed by atoms with E-state index >= 15 is 0 Å². The topological polar surface area (TPSA) is 109 Å².